The fraction of sp³-hybridized carbons (Fsp3) is 0.286. The van der Waals surface area contributed by atoms with E-state index in [0.29, 0.717) is 0 Å². The van der Waals surface area contributed by atoms with E-state index >= 15 is 0 Å². The Bertz CT molecular complexity index is 565. The van der Waals surface area contributed by atoms with Crippen molar-refractivity contribution in [2.24, 2.45) is 0 Å². The highest BCUT2D eigenvalue weighted by Crippen LogP contribution is 2.36. The maximum atomic E-state index is 6.39. The molecule has 0 aliphatic heterocycles. The van der Waals surface area contributed by atoms with Gasteiger partial charge >= 0.3 is 0 Å². The first-order chi connectivity index (χ1) is 8.54. The van der Waals surface area contributed by atoms with Crippen LogP contribution in [0.15, 0.2) is 28.1 Å². The lowest BCUT2D eigenvalue weighted by Crippen LogP contribution is -2.17. The maximum Gasteiger partial charge on any atom is 0.0694 e. The number of hydrogen-bond acceptors (Lipinski definition) is 2. The van der Waals surface area contributed by atoms with Gasteiger partial charge in [-0.2, -0.15) is 0 Å². The molecule has 1 heterocycles. The summed E-state index contributed by atoms with van der Waals surface area (Å²) in [6.07, 6.45) is 0. The van der Waals surface area contributed by atoms with Gasteiger partial charge in [0.05, 0.1) is 6.04 Å². The van der Waals surface area contributed by atoms with Crippen LogP contribution in [-0.2, 0) is 0 Å². The lowest BCUT2D eigenvalue weighted by molar-refractivity contribution is 0.701. The number of rotatable bonds is 3. The molecular weight excluding hydrogens is 330 g/mol. The van der Waals surface area contributed by atoms with Crippen molar-refractivity contribution in [2.75, 3.05) is 7.05 Å². The highest BCUT2D eigenvalue weighted by Gasteiger charge is 2.19. The first-order valence-electron chi connectivity index (χ1n) is 5.71. The highest BCUT2D eigenvalue weighted by molar-refractivity contribution is 9.10. The van der Waals surface area contributed by atoms with Gasteiger partial charge in [0.2, 0.25) is 0 Å². The molecule has 0 radical (unpaired) electrons. The minimum Gasteiger partial charge on any atom is -0.309 e. The number of nitrogens with one attached hydrogen (secondary N) is 1. The van der Waals surface area contributed by atoms with Gasteiger partial charge in [-0.05, 0) is 71.0 Å². The summed E-state index contributed by atoms with van der Waals surface area (Å²) in [7, 11) is 1.96. The first-order valence-corrected chi connectivity index (χ1v) is 7.76. The van der Waals surface area contributed by atoms with Crippen LogP contribution in [-0.4, -0.2) is 7.05 Å². The molecule has 2 aromatic rings. The molecule has 1 atom stereocenters. The van der Waals surface area contributed by atoms with Crippen LogP contribution in [0.3, 0.4) is 0 Å². The third-order valence-corrected chi connectivity index (χ3v) is 5.38. The summed E-state index contributed by atoms with van der Waals surface area (Å²) in [5.74, 6) is 0. The standard InChI is InChI=1S/C14H15BrClNS/c1-8-6-10(12(16)7-9(8)2)13(17-3)14-11(15)4-5-18-14/h4-7,13,17H,1-3H3. The topological polar surface area (TPSA) is 12.0 Å². The first kappa shape index (κ1) is 14.1. The van der Waals surface area contributed by atoms with Crippen molar-refractivity contribution >= 4 is 38.9 Å². The predicted octanol–water partition coefficient (Wildman–Crippen LogP) is 5.09. The van der Waals surface area contributed by atoms with Crippen LogP contribution in [0, 0.1) is 13.8 Å². The second-order valence-electron chi connectivity index (χ2n) is 4.31. The molecule has 2 rings (SSSR count). The van der Waals surface area contributed by atoms with Crippen molar-refractivity contribution in [3.63, 3.8) is 0 Å². The van der Waals surface area contributed by atoms with Crippen molar-refractivity contribution in [1.82, 2.24) is 5.32 Å². The van der Waals surface area contributed by atoms with E-state index in [1.54, 1.807) is 11.3 Å². The van der Waals surface area contributed by atoms with Crippen molar-refractivity contribution in [1.29, 1.82) is 0 Å². The van der Waals surface area contributed by atoms with Crippen LogP contribution in [0.1, 0.15) is 27.6 Å². The molecule has 0 saturated carbocycles. The zero-order valence-corrected chi connectivity index (χ0v) is 13.7. The molecule has 0 fully saturated rings. The zero-order chi connectivity index (χ0) is 13.3. The molecule has 0 bridgehead atoms. The lowest BCUT2D eigenvalue weighted by atomic mass is 10.00. The largest absolute Gasteiger partial charge is 0.309 e. The second kappa shape index (κ2) is 5.74. The summed E-state index contributed by atoms with van der Waals surface area (Å²) in [6.45, 7) is 4.20. The summed E-state index contributed by atoms with van der Waals surface area (Å²) in [6, 6.07) is 6.41. The third kappa shape index (κ3) is 2.64. The van der Waals surface area contributed by atoms with Crippen molar-refractivity contribution in [3.8, 4) is 0 Å². The van der Waals surface area contributed by atoms with Gasteiger partial charge in [-0.1, -0.05) is 17.7 Å². The Hall–Kier alpha value is -0.350. The van der Waals surface area contributed by atoms with Crippen molar-refractivity contribution < 1.29 is 0 Å². The minimum absolute atomic E-state index is 0.131. The predicted molar refractivity (Wildman–Crippen MR) is 83.8 cm³/mol. The molecule has 1 N–H and O–H groups in total. The molecule has 1 nitrogen and oxygen atoms in total. The lowest BCUT2D eigenvalue weighted by Gasteiger charge is -2.19. The third-order valence-electron chi connectivity index (χ3n) is 3.12. The molecule has 1 unspecified atom stereocenters. The van der Waals surface area contributed by atoms with E-state index in [1.165, 1.54) is 16.0 Å². The van der Waals surface area contributed by atoms with E-state index in [2.05, 4.69) is 52.6 Å². The Morgan fingerprint density at radius 3 is 2.50 bits per heavy atom. The number of halogens is 2. The number of aryl methyl sites for hydroxylation is 2. The Morgan fingerprint density at radius 1 is 1.28 bits per heavy atom. The fourth-order valence-corrected chi connectivity index (χ4v) is 4.02. The molecule has 0 spiro atoms. The van der Waals surface area contributed by atoms with E-state index in [0.717, 1.165) is 15.1 Å². The van der Waals surface area contributed by atoms with Gasteiger partial charge in [0.15, 0.2) is 0 Å². The average Bonchev–Trinajstić information content (AvgIpc) is 2.73. The van der Waals surface area contributed by atoms with Gasteiger partial charge in [-0.15, -0.1) is 11.3 Å². The van der Waals surface area contributed by atoms with E-state index in [4.69, 9.17) is 11.6 Å². The molecule has 18 heavy (non-hydrogen) atoms. The molecule has 0 amide bonds. The van der Waals surface area contributed by atoms with E-state index in [-0.39, 0.29) is 6.04 Å². The van der Waals surface area contributed by atoms with E-state index < -0.39 is 0 Å². The molecule has 4 heteroatoms. The summed E-state index contributed by atoms with van der Waals surface area (Å²) in [5, 5.41) is 6.24. The molecule has 0 aliphatic carbocycles. The van der Waals surface area contributed by atoms with E-state index in [1.807, 2.05) is 13.1 Å². The van der Waals surface area contributed by atoms with Crippen molar-refractivity contribution in [2.45, 2.75) is 19.9 Å². The molecule has 96 valence electrons. The Labute approximate surface area is 125 Å². The normalized spacial score (nSPS) is 12.7. The Balaban J connectivity index is 2.52. The average molecular weight is 345 g/mol. The van der Waals surface area contributed by atoms with Gasteiger partial charge in [0, 0.05) is 14.4 Å². The maximum absolute atomic E-state index is 6.39. The molecule has 0 aliphatic rings. The summed E-state index contributed by atoms with van der Waals surface area (Å²) in [4.78, 5) is 1.25. The van der Waals surface area contributed by atoms with E-state index in [9.17, 15) is 0 Å². The van der Waals surface area contributed by atoms with Gasteiger partial charge in [-0.3, -0.25) is 0 Å². The van der Waals surface area contributed by atoms with Gasteiger partial charge in [0.25, 0.3) is 0 Å². The fourth-order valence-electron chi connectivity index (χ4n) is 1.96. The van der Waals surface area contributed by atoms with Crippen molar-refractivity contribution in [3.05, 3.63) is 54.6 Å². The smallest absolute Gasteiger partial charge is 0.0694 e. The monoisotopic (exact) mass is 343 g/mol. The van der Waals surface area contributed by atoms with Crippen LogP contribution in [0.5, 0.6) is 0 Å². The summed E-state index contributed by atoms with van der Waals surface area (Å²) in [5.41, 5.74) is 3.62. The SMILES string of the molecule is CNC(c1cc(C)c(C)cc1Cl)c1sccc1Br. The Morgan fingerprint density at radius 2 is 1.94 bits per heavy atom. The summed E-state index contributed by atoms with van der Waals surface area (Å²) < 4.78 is 1.13. The molecule has 0 saturated heterocycles. The van der Waals surface area contributed by atoms with Crippen LogP contribution >= 0.6 is 38.9 Å². The number of thiophene rings is 1. The van der Waals surface area contributed by atoms with Crippen LogP contribution in [0.2, 0.25) is 5.02 Å². The highest BCUT2D eigenvalue weighted by atomic mass is 79.9. The molecule has 1 aromatic heterocycles. The van der Waals surface area contributed by atoms with Gasteiger partial charge < -0.3 is 5.32 Å². The number of hydrogen-bond donors (Lipinski definition) is 1. The van der Waals surface area contributed by atoms with Crippen LogP contribution in [0.25, 0.3) is 0 Å². The second-order valence-corrected chi connectivity index (χ2v) is 6.52. The van der Waals surface area contributed by atoms with Crippen LogP contribution < -0.4 is 5.32 Å². The van der Waals surface area contributed by atoms with Gasteiger partial charge in [-0.25, -0.2) is 0 Å². The number of benzene rings is 1. The zero-order valence-electron chi connectivity index (χ0n) is 10.6. The summed E-state index contributed by atoms with van der Waals surface area (Å²) >= 11 is 11.7. The molecular formula is C14H15BrClNS. The molecule has 1 aromatic carbocycles. The van der Waals surface area contributed by atoms with Crippen LogP contribution in [0.4, 0.5) is 0 Å². The quantitative estimate of drug-likeness (QED) is 0.818. The Kier molecular flexibility index (Phi) is 4.49. The minimum atomic E-state index is 0.131. The van der Waals surface area contributed by atoms with Gasteiger partial charge in [0.1, 0.15) is 0 Å².